The van der Waals surface area contributed by atoms with E-state index in [-0.39, 0.29) is 5.04 Å². The van der Waals surface area contributed by atoms with Gasteiger partial charge in [-0.2, -0.15) is 5.26 Å². The normalized spacial score (nSPS) is 14.7. The van der Waals surface area contributed by atoms with E-state index in [1.165, 1.54) is 0 Å². The number of hydrogen-bond acceptors (Lipinski definition) is 3. The summed E-state index contributed by atoms with van der Waals surface area (Å²) in [7, 11) is -3.01. The Kier molecular flexibility index (Phi) is 5.29. The Morgan fingerprint density at radius 2 is 1.33 bits per heavy atom. The number of hydrogen-bond donors (Lipinski definition) is 2. The summed E-state index contributed by atoms with van der Waals surface area (Å²) < 4.78 is 0. The lowest BCUT2D eigenvalue weighted by Gasteiger charge is -2.42. The monoisotopic (exact) mass is 338 g/mol. The second kappa shape index (κ2) is 6.90. The molecule has 0 aromatic heterocycles. The van der Waals surface area contributed by atoms with Gasteiger partial charge in [-0.15, -0.1) is 0 Å². The van der Waals surface area contributed by atoms with Gasteiger partial charge in [-0.3, -0.25) is 0 Å². The molecule has 0 saturated heterocycles. The van der Waals surface area contributed by atoms with Gasteiger partial charge in [0.15, 0.2) is 0 Å². The highest BCUT2D eigenvalue weighted by atomic mass is 28.4. The molecular weight excluding hydrogens is 312 g/mol. The molecule has 3 nitrogen and oxygen atoms in total. The van der Waals surface area contributed by atoms with Crippen molar-refractivity contribution in [3.63, 3.8) is 0 Å². The third-order valence-electron chi connectivity index (χ3n) is 4.89. The molecule has 0 aliphatic carbocycles. The van der Waals surface area contributed by atoms with Gasteiger partial charge in [0.25, 0.3) is 8.32 Å². The molecule has 0 spiro atoms. The van der Waals surface area contributed by atoms with Gasteiger partial charge in [0, 0.05) is 0 Å². The van der Waals surface area contributed by atoms with E-state index in [0.29, 0.717) is 12.8 Å². The van der Waals surface area contributed by atoms with Gasteiger partial charge in [0.2, 0.25) is 0 Å². The standard InChI is InChI=1S/C20H26N2OSi/c1-19(2,14-15-20(3,22)16-21)24(23,17-10-6-4-7-11-17)18-12-8-5-9-13-18/h4-13,23H,14-15,22H2,1-3H3. The molecule has 24 heavy (non-hydrogen) atoms. The lowest BCUT2D eigenvalue weighted by molar-refractivity contribution is 0.418. The van der Waals surface area contributed by atoms with Crippen molar-refractivity contribution in [2.24, 2.45) is 5.73 Å². The maximum atomic E-state index is 12.0. The van der Waals surface area contributed by atoms with E-state index in [4.69, 9.17) is 5.73 Å². The first kappa shape index (κ1) is 18.4. The Bertz CT molecular complexity index is 666. The van der Waals surface area contributed by atoms with Crippen LogP contribution < -0.4 is 16.1 Å². The zero-order valence-corrected chi connectivity index (χ0v) is 15.7. The number of rotatable bonds is 6. The largest absolute Gasteiger partial charge is 0.424 e. The van der Waals surface area contributed by atoms with E-state index >= 15 is 0 Å². The molecule has 2 aromatic rings. The van der Waals surface area contributed by atoms with Gasteiger partial charge < -0.3 is 10.5 Å². The first-order chi connectivity index (χ1) is 11.2. The Morgan fingerprint density at radius 3 is 1.71 bits per heavy atom. The van der Waals surface area contributed by atoms with Crippen molar-refractivity contribution < 1.29 is 4.80 Å². The highest BCUT2D eigenvalue weighted by Gasteiger charge is 2.50. The summed E-state index contributed by atoms with van der Waals surface area (Å²) in [6.07, 6.45) is 1.23. The van der Waals surface area contributed by atoms with Crippen LogP contribution in [0.1, 0.15) is 33.6 Å². The van der Waals surface area contributed by atoms with Crippen molar-refractivity contribution in [1.29, 1.82) is 5.26 Å². The average molecular weight is 339 g/mol. The van der Waals surface area contributed by atoms with Gasteiger partial charge in [0.05, 0.1) is 6.07 Å². The predicted octanol–water partition coefficient (Wildman–Crippen LogP) is 2.54. The zero-order valence-electron chi connectivity index (χ0n) is 14.7. The molecule has 3 N–H and O–H groups in total. The molecule has 0 amide bonds. The first-order valence-electron chi connectivity index (χ1n) is 8.26. The quantitative estimate of drug-likeness (QED) is 0.795. The highest BCUT2D eigenvalue weighted by molar-refractivity contribution is 6.98. The summed E-state index contributed by atoms with van der Waals surface area (Å²) in [6, 6.07) is 22.0. The molecular formula is C20H26N2OSi. The Hall–Kier alpha value is -1.93. The zero-order chi connectivity index (χ0) is 17.8. The molecule has 0 fully saturated rings. The van der Waals surface area contributed by atoms with Crippen LogP contribution in [0.2, 0.25) is 5.04 Å². The molecule has 2 aromatic carbocycles. The van der Waals surface area contributed by atoms with Crippen LogP contribution in [0, 0.1) is 11.3 Å². The number of benzene rings is 2. The summed E-state index contributed by atoms with van der Waals surface area (Å²) in [6.45, 7) is 5.92. The van der Waals surface area contributed by atoms with Crippen molar-refractivity contribution in [3.8, 4) is 6.07 Å². The van der Waals surface area contributed by atoms with E-state index in [9.17, 15) is 10.1 Å². The smallest absolute Gasteiger partial charge is 0.258 e. The van der Waals surface area contributed by atoms with Crippen LogP contribution in [0.3, 0.4) is 0 Å². The molecule has 0 saturated carbocycles. The minimum absolute atomic E-state index is 0.368. The summed E-state index contributed by atoms with van der Waals surface area (Å²) in [5.74, 6) is 0. The minimum atomic E-state index is -3.01. The van der Waals surface area contributed by atoms with Crippen LogP contribution in [0.15, 0.2) is 60.7 Å². The maximum Gasteiger partial charge on any atom is 0.258 e. The number of nitrogens with zero attached hydrogens (tertiary/aromatic N) is 1. The maximum absolute atomic E-state index is 12.0. The van der Waals surface area contributed by atoms with Crippen LogP contribution in [-0.4, -0.2) is 18.7 Å². The third-order valence-corrected chi connectivity index (χ3v) is 9.43. The van der Waals surface area contributed by atoms with E-state index in [1.807, 2.05) is 60.7 Å². The number of nitrogens with two attached hydrogens (primary N) is 1. The van der Waals surface area contributed by atoms with Gasteiger partial charge >= 0.3 is 0 Å². The van der Waals surface area contributed by atoms with E-state index in [1.54, 1.807) is 6.92 Å². The molecule has 0 aliphatic rings. The molecule has 2 rings (SSSR count). The minimum Gasteiger partial charge on any atom is -0.424 e. The summed E-state index contributed by atoms with van der Waals surface area (Å²) >= 11 is 0. The SMILES string of the molecule is CC(N)(C#N)CCC(C)(C)[Si](O)(c1ccccc1)c1ccccc1. The summed E-state index contributed by atoms with van der Waals surface area (Å²) in [5.41, 5.74) is 5.14. The number of nitriles is 1. The Balaban J connectivity index is 2.49. The molecule has 0 aliphatic heterocycles. The summed E-state index contributed by atoms with van der Waals surface area (Å²) in [5, 5.41) is 10.8. The molecule has 0 bridgehead atoms. The highest BCUT2D eigenvalue weighted by Crippen LogP contribution is 2.40. The average Bonchev–Trinajstić information content (AvgIpc) is 2.61. The molecule has 0 heterocycles. The molecule has 0 radical (unpaired) electrons. The van der Waals surface area contributed by atoms with E-state index < -0.39 is 13.9 Å². The van der Waals surface area contributed by atoms with Crippen LogP contribution >= 0.6 is 0 Å². The molecule has 1 atom stereocenters. The van der Waals surface area contributed by atoms with Crippen molar-refractivity contribution in [2.75, 3.05) is 0 Å². The predicted molar refractivity (Wildman–Crippen MR) is 102 cm³/mol. The van der Waals surface area contributed by atoms with Crippen molar-refractivity contribution in [2.45, 2.75) is 44.2 Å². The van der Waals surface area contributed by atoms with Gasteiger partial charge in [0.1, 0.15) is 5.54 Å². The van der Waals surface area contributed by atoms with Crippen molar-refractivity contribution in [1.82, 2.24) is 0 Å². The molecule has 126 valence electrons. The van der Waals surface area contributed by atoms with E-state index in [0.717, 1.165) is 10.4 Å². The Labute approximate surface area is 145 Å². The van der Waals surface area contributed by atoms with Gasteiger partial charge in [-0.1, -0.05) is 74.5 Å². The first-order valence-corrected chi connectivity index (χ1v) is 10.2. The van der Waals surface area contributed by atoms with Crippen LogP contribution in [0.4, 0.5) is 0 Å². The second-order valence-electron chi connectivity index (χ2n) is 7.36. The third kappa shape index (κ3) is 3.59. The second-order valence-corrected chi connectivity index (χ2v) is 11.3. The van der Waals surface area contributed by atoms with E-state index in [2.05, 4.69) is 19.9 Å². The molecule has 1 unspecified atom stereocenters. The fourth-order valence-corrected chi connectivity index (χ4v) is 6.85. The van der Waals surface area contributed by atoms with Crippen molar-refractivity contribution >= 4 is 18.7 Å². The van der Waals surface area contributed by atoms with Gasteiger partial charge in [-0.25, -0.2) is 0 Å². The fourth-order valence-electron chi connectivity index (χ4n) is 3.12. The summed E-state index contributed by atoms with van der Waals surface area (Å²) in [4.78, 5) is 12.0. The van der Waals surface area contributed by atoms with Crippen LogP contribution in [-0.2, 0) is 0 Å². The van der Waals surface area contributed by atoms with Crippen LogP contribution in [0.5, 0.6) is 0 Å². The van der Waals surface area contributed by atoms with Gasteiger partial charge in [-0.05, 0) is 35.2 Å². The fraction of sp³-hybridized carbons (Fsp3) is 0.350. The lowest BCUT2D eigenvalue weighted by Crippen LogP contribution is -2.65. The molecule has 4 heteroatoms. The Morgan fingerprint density at radius 1 is 0.917 bits per heavy atom. The van der Waals surface area contributed by atoms with Crippen LogP contribution in [0.25, 0.3) is 0 Å². The lowest BCUT2D eigenvalue weighted by atomic mass is 9.94. The van der Waals surface area contributed by atoms with Crippen molar-refractivity contribution in [3.05, 3.63) is 60.7 Å². The topological polar surface area (TPSA) is 70.0 Å².